The zero-order valence-electron chi connectivity index (χ0n) is 17.2. The van der Waals surface area contributed by atoms with Gasteiger partial charge in [0.1, 0.15) is 12.4 Å². The van der Waals surface area contributed by atoms with Gasteiger partial charge in [0.2, 0.25) is 0 Å². The number of hydrogen-bond acceptors (Lipinski definition) is 4. The van der Waals surface area contributed by atoms with Gasteiger partial charge in [0.15, 0.2) is 11.5 Å². The number of hydrogen-bond donors (Lipinski definition) is 2. The standard InChI is InChI=1S/C25H23N3O3/c1-30-23-14-20(12-13-22(23)31-17-18-8-4-2-5-9-18)25(29)27-16-24-26-15-21(28-24)19-10-6-3-7-11-19/h2-15H,16-17H2,1H3,(H,26,28)(H,27,29). The molecule has 0 unspecified atom stereocenters. The van der Waals surface area contributed by atoms with Gasteiger partial charge >= 0.3 is 0 Å². The summed E-state index contributed by atoms with van der Waals surface area (Å²) in [6.07, 6.45) is 1.76. The molecule has 4 rings (SSSR count). The topological polar surface area (TPSA) is 76.2 Å². The second-order valence-electron chi connectivity index (χ2n) is 6.93. The third kappa shape index (κ3) is 5.11. The summed E-state index contributed by atoms with van der Waals surface area (Å²) in [6, 6.07) is 24.9. The number of nitrogens with one attached hydrogen (secondary N) is 2. The van der Waals surface area contributed by atoms with Crippen LogP contribution in [0, 0.1) is 0 Å². The van der Waals surface area contributed by atoms with Crippen LogP contribution in [0.2, 0.25) is 0 Å². The van der Waals surface area contributed by atoms with Crippen molar-refractivity contribution in [3.05, 3.63) is 102 Å². The molecule has 0 fully saturated rings. The maximum atomic E-state index is 12.6. The number of carbonyl (C=O) groups is 1. The van der Waals surface area contributed by atoms with Crippen LogP contribution in [-0.2, 0) is 13.2 Å². The van der Waals surface area contributed by atoms with Crippen molar-refractivity contribution in [3.63, 3.8) is 0 Å². The lowest BCUT2D eigenvalue weighted by Crippen LogP contribution is -2.23. The number of imidazole rings is 1. The molecule has 0 saturated heterocycles. The number of benzene rings is 3. The van der Waals surface area contributed by atoms with Crippen LogP contribution in [-0.4, -0.2) is 23.0 Å². The Morgan fingerprint density at radius 1 is 0.968 bits per heavy atom. The van der Waals surface area contributed by atoms with Crippen LogP contribution in [0.4, 0.5) is 0 Å². The highest BCUT2D eigenvalue weighted by molar-refractivity contribution is 5.94. The van der Waals surface area contributed by atoms with Gasteiger partial charge in [-0.1, -0.05) is 60.7 Å². The monoisotopic (exact) mass is 413 g/mol. The molecule has 0 radical (unpaired) electrons. The smallest absolute Gasteiger partial charge is 0.251 e. The molecule has 0 aliphatic rings. The van der Waals surface area contributed by atoms with E-state index in [1.807, 2.05) is 60.7 Å². The van der Waals surface area contributed by atoms with Crippen molar-refractivity contribution in [2.75, 3.05) is 7.11 Å². The quantitative estimate of drug-likeness (QED) is 0.443. The summed E-state index contributed by atoms with van der Waals surface area (Å²) in [5, 5.41) is 2.88. The fraction of sp³-hybridized carbons (Fsp3) is 0.120. The van der Waals surface area contributed by atoms with Gasteiger partial charge in [-0.3, -0.25) is 4.79 Å². The van der Waals surface area contributed by atoms with E-state index in [1.54, 1.807) is 31.5 Å². The number of aromatic nitrogens is 2. The predicted octanol–water partition coefficient (Wildman–Crippen LogP) is 4.59. The van der Waals surface area contributed by atoms with Gasteiger partial charge in [0, 0.05) is 5.56 Å². The average Bonchev–Trinajstić information content (AvgIpc) is 3.31. The van der Waals surface area contributed by atoms with Crippen molar-refractivity contribution in [1.82, 2.24) is 15.3 Å². The predicted molar refractivity (Wildman–Crippen MR) is 119 cm³/mol. The van der Waals surface area contributed by atoms with Crippen molar-refractivity contribution in [2.45, 2.75) is 13.2 Å². The minimum absolute atomic E-state index is 0.217. The number of ether oxygens (including phenoxy) is 2. The molecular formula is C25H23N3O3. The Bertz CT molecular complexity index is 1140. The lowest BCUT2D eigenvalue weighted by atomic mass is 10.2. The third-order valence-corrected chi connectivity index (χ3v) is 4.79. The van der Waals surface area contributed by atoms with Gasteiger partial charge in [0.05, 0.1) is 25.5 Å². The van der Waals surface area contributed by atoms with E-state index >= 15 is 0 Å². The Morgan fingerprint density at radius 2 is 1.71 bits per heavy atom. The zero-order chi connectivity index (χ0) is 21.5. The molecule has 0 aliphatic carbocycles. The van der Waals surface area contributed by atoms with Gasteiger partial charge in [-0.2, -0.15) is 0 Å². The largest absolute Gasteiger partial charge is 0.493 e. The summed E-state index contributed by atoms with van der Waals surface area (Å²) < 4.78 is 11.3. The summed E-state index contributed by atoms with van der Waals surface area (Å²) >= 11 is 0. The molecule has 2 N–H and O–H groups in total. The number of aromatic amines is 1. The molecule has 3 aromatic carbocycles. The maximum absolute atomic E-state index is 12.6. The van der Waals surface area contributed by atoms with E-state index in [1.165, 1.54) is 0 Å². The van der Waals surface area contributed by atoms with E-state index in [0.717, 1.165) is 16.8 Å². The van der Waals surface area contributed by atoms with Crippen molar-refractivity contribution < 1.29 is 14.3 Å². The summed E-state index contributed by atoms with van der Waals surface area (Å²) in [4.78, 5) is 20.2. The Labute approximate surface area is 180 Å². The van der Waals surface area contributed by atoms with Crippen LogP contribution in [0.1, 0.15) is 21.7 Å². The van der Waals surface area contributed by atoms with Crippen molar-refractivity contribution >= 4 is 5.91 Å². The van der Waals surface area contributed by atoms with Crippen LogP contribution in [0.3, 0.4) is 0 Å². The molecule has 31 heavy (non-hydrogen) atoms. The van der Waals surface area contributed by atoms with Gasteiger partial charge < -0.3 is 19.8 Å². The highest BCUT2D eigenvalue weighted by Crippen LogP contribution is 2.29. The molecule has 0 saturated carbocycles. The SMILES string of the molecule is COc1cc(C(=O)NCc2ncc(-c3ccccc3)[nH]2)ccc1OCc1ccccc1. The van der Waals surface area contributed by atoms with E-state index in [4.69, 9.17) is 9.47 Å². The van der Waals surface area contributed by atoms with E-state index in [2.05, 4.69) is 15.3 Å². The number of carbonyl (C=O) groups excluding carboxylic acids is 1. The lowest BCUT2D eigenvalue weighted by Gasteiger charge is -2.12. The highest BCUT2D eigenvalue weighted by Gasteiger charge is 2.12. The molecule has 0 atom stereocenters. The second-order valence-corrected chi connectivity index (χ2v) is 6.93. The maximum Gasteiger partial charge on any atom is 0.251 e. The molecular weight excluding hydrogens is 390 g/mol. The number of rotatable bonds is 8. The average molecular weight is 413 g/mol. The molecule has 6 heteroatoms. The molecule has 0 spiro atoms. The second kappa shape index (κ2) is 9.63. The van der Waals surface area contributed by atoms with Crippen LogP contribution in [0.5, 0.6) is 11.5 Å². The molecule has 0 bridgehead atoms. The Balaban J connectivity index is 1.38. The zero-order valence-corrected chi connectivity index (χ0v) is 17.2. The molecule has 1 aromatic heterocycles. The van der Waals surface area contributed by atoms with Crippen molar-refractivity contribution in [3.8, 4) is 22.8 Å². The number of amides is 1. The molecule has 1 amide bonds. The van der Waals surface area contributed by atoms with Crippen LogP contribution >= 0.6 is 0 Å². The van der Waals surface area contributed by atoms with E-state index < -0.39 is 0 Å². The van der Waals surface area contributed by atoms with Crippen molar-refractivity contribution in [1.29, 1.82) is 0 Å². The van der Waals surface area contributed by atoms with E-state index in [0.29, 0.717) is 36.0 Å². The molecule has 156 valence electrons. The molecule has 0 aliphatic heterocycles. The number of methoxy groups -OCH3 is 1. The molecule has 6 nitrogen and oxygen atoms in total. The van der Waals surface area contributed by atoms with Crippen molar-refractivity contribution in [2.24, 2.45) is 0 Å². The number of H-pyrrole nitrogens is 1. The first-order chi connectivity index (χ1) is 15.2. The fourth-order valence-electron chi connectivity index (χ4n) is 3.15. The Hall–Kier alpha value is -4.06. The minimum atomic E-state index is -0.217. The lowest BCUT2D eigenvalue weighted by molar-refractivity contribution is 0.0949. The van der Waals surface area contributed by atoms with E-state index in [9.17, 15) is 4.79 Å². The summed E-state index contributed by atoms with van der Waals surface area (Å²) in [7, 11) is 1.56. The van der Waals surface area contributed by atoms with Crippen LogP contribution in [0.25, 0.3) is 11.3 Å². The van der Waals surface area contributed by atoms with Crippen LogP contribution in [0.15, 0.2) is 85.1 Å². The number of nitrogens with zero attached hydrogens (tertiary/aromatic N) is 1. The molecule has 4 aromatic rings. The molecule has 1 heterocycles. The summed E-state index contributed by atoms with van der Waals surface area (Å²) in [6.45, 7) is 0.714. The Morgan fingerprint density at radius 3 is 2.45 bits per heavy atom. The normalized spacial score (nSPS) is 10.5. The summed E-state index contributed by atoms with van der Waals surface area (Å²) in [5.74, 6) is 1.56. The minimum Gasteiger partial charge on any atom is -0.493 e. The van der Waals surface area contributed by atoms with Gasteiger partial charge in [-0.05, 0) is 29.3 Å². The highest BCUT2D eigenvalue weighted by atomic mass is 16.5. The first-order valence-corrected chi connectivity index (χ1v) is 9.95. The third-order valence-electron chi connectivity index (χ3n) is 4.79. The van der Waals surface area contributed by atoms with Crippen LogP contribution < -0.4 is 14.8 Å². The first-order valence-electron chi connectivity index (χ1n) is 9.95. The Kier molecular flexibility index (Phi) is 6.28. The van der Waals surface area contributed by atoms with Gasteiger partial charge in [0.25, 0.3) is 5.91 Å². The fourth-order valence-corrected chi connectivity index (χ4v) is 3.15. The van der Waals surface area contributed by atoms with Gasteiger partial charge in [-0.15, -0.1) is 0 Å². The first kappa shape index (κ1) is 20.2. The van der Waals surface area contributed by atoms with Gasteiger partial charge in [-0.25, -0.2) is 4.98 Å². The van der Waals surface area contributed by atoms with E-state index in [-0.39, 0.29) is 5.91 Å². The summed E-state index contributed by atoms with van der Waals surface area (Å²) in [5.41, 5.74) is 3.49.